The van der Waals surface area contributed by atoms with Gasteiger partial charge in [0.25, 0.3) is 0 Å². The zero-order chi connectivity index (χ0) is 15.2. The van der Waals surface area contributed by atoms with Gasteiger partial charge in [-0.25, -0.2) is 8.42 Å². The molecular formula is C14H23NO4S. The summed E-state index contributed by atoms with van der Waals surface area (Å²) in [4.78, 5) is 0. The van der Waals surface area contributed by atoms with E-state index in [0.29, 0.717) is 17.9 Å². The van der Waals surface area contributed by atoms with Crippen LogP contribution in [0.2, 0.25) is 0 Å². The maximum atomic E-state index is 12.0. The van der Waals surface area contributed by atoms with Crippen molar-refractivity contribution in [3.8, 4) is 5.75 Å². The first kappa shape index (κ1) is 16.9. The lowest BCUT2D eigenvalue weighted by atomic mass is 10.1. The van der Waals surface area contributed by atoms with Gasteiger partial charge in [0.05, 0.1) is 24.7 Å². The molecule has 1 aromatic rings. The highest BCUT2D eigenvalue weighted by molar-refractivity contribution is 7.90. The van der Waals surface area contributed by atoms with Gasteiger partial charge >= 0.3 is 0 Å². The van der Waals surface area contributed by atoms with Crippen LogP contribution in [0.3, 0.4) is 0 Å². The largest absolute Gasteiger partial charge is 0.494 e. The first-order valence-electron chi connectivity index (χ1n) is 6.60. The zero-order valence-electron chi connectivity index (χ0n) is 12.3. The molecular weight excluding hydrogens is 278 g/mol. The van der Waals surface area contributed by atoms with Crippen molar-refractivity contribution in [2.75, 3.05) is 26.1 Å². The molecule has 0 aliphatic rings. The van der Waals surface area contributed by atoms with Crippen molar-refractivity contribution >= 4 is 9.84 Å². The predicted molar refractivity (Wildman–Crippen MR) is 79.6 cm³/mol. The van der Waals surface area contributed by atoms with E-state index in [2.05, 4.69) is 0 Å². The van der Waals surface area contributed by atoms with Gasteiger partial charge < -0.3 is 15.2 Å². The standard InChI is InChI=1S/C14H23NO4S/c1-4-19-14-6-5-12(11(2)15)9-13(14)10-20(16,17)8-7-18-3/h5-6,9,11H,4,7-8,10,15H2,1-3H3. The Morgan fingerprint density at radius 1 is 1.35 bits per heavy atom. The minimum Gasteiger partial charge on any atom is -0.494 e. The zero-order valence-corrected chi connectivity index (χ0v) is 13.1. The number of ether oxygens (including phenoxy) is 2. The maximum absolute atomic E-state index is 12.0. The topological polar surface area (TPSA) is 78.6 Å². The first-order chi connectivity index (χ1) is 9.39. The van der Waals surface area contributed by atoms with Crippen LogP contribution < -0.4 is 10.5 Å². The summed E-state index contributed by atoms with van der Waals surface area (Å²) in [7, 11) is -1.74. The Kier molecular flexibility index (Phi) is 6.45. The number of methoxy groups -OCH3 is 1. The molecule has 0 bridgehead atoms. The fraction of sp³-hybridized carbons (Fsp3) is 0.571. The van der Waals surface area contributed by atoms with Crippen LogP contribution in [0.5, 0.6) is 5.75 Å². The molecule has 2 N–H and O–H groups in total. The third kappa shape index (κ3) is 5.11. The summed E-state index contributed by atoms with van der Waals surface area (Å²) >= 11 is 0. The molecule has 0 spiro atoms. The van der Waals surface area contributed by atoms with Gasteiger partial charge in [-0.3, -0.25) is 0 Å². The Hall–Kier alpha value is -1.11. The van der Waals surface area contributed by atoms with Gasteiger partial charge in [0, 0.05) is 18.7 Å². The van der Waals surface area contributed by atoms with Crippen molar-refractivity contribution in [3.05, 3.63) is 29.3 Å². The van der Waals surface area contributed by atoms with Crippen LogP contribution in [0, 0.1) is 0 Å². The summed E-state index contributed by atoms with van der Waals surface area (Å²) in [6, 6.07) is 5.30. The van der Waals surface area contributed by atoms with Gasteiger partial charge in [0.15, 0.2) is 9.84 Å². The van der Waals surface area contributed by atoms with E-state index >= 15 is 0 Å². The van der Waals surface area contributed by atoms with Crippen molar-refractivity contribution in [1.29, 1.82) is 0 Å². The minimum atomic E-state index is -3.23. The highest BCUT2D eigenvalue weighted by Gasteiger charge is 2.16. The van der Waals surface area contributed by atoms with Crippen LogP contribution in [0.15, 0.2) is 18.2 Å². The Balaban J connectivity index is 3.03. The molecule has 1 unspecified atom stereocenters. The van der Waals surface area contributed by atoms with Gasteiger partial charge in [0.1, 0.15) is 5.75 Å². The Morgan fingerprint density at radius 2 is 2.05 bits per heavy atom. The van der Waals surface area contributed by atoms with Crippen LogP contribution in [-0.4, -0.2) is 34.5 Å². The number of sulfone groups is 1. The molecule has 0 amide bonds. The first-order valence-corrected chi connectivity index (χ1v) is 8.42. The second-order valence-electron chi connectivity index (χ2n) is 4.67. The van der Waals surface area contributed by atoms with Crippen molar-refractivity contribution in [2.45, 2.75) is 25.6 Å². The number of rotatable bonds is 8. The van der Waals surface area contributed by atoms with Crippen LogP contribution in [0.1, 0.15) is 31.0 Å². The molecule has 6 heteroatoms. The van der Waals surface area contributed by atoms with Gasteiger partial charge in [-0.2, -0.15) is 0 Å². The van der Waals surface area contributed by atoms with Crippen molar-refractivity contribution < 1.29 is 17.9 Å². The summed E-state index contributed by atoms with van der Waals surface area (Å²) < 4.78 is 34.4. The van der Waals surface area contributed by atoms with E-state index in [-0.39, 0.29) is 24.2 Å². The Morgan fingerprint density at radius 3 is 2.60 bits per heavy atom. The Labute approximate surface area is 121 Å². The van der Waals surface area contributed by atoms with E-state index in [9.17, 15) is 8.42 Å². The van der Waals surface area contributed by atoms with E-state index in [1.165, 1.54) is 7.11 Å². The highest BCUT2D eigenvalue weighted by atomic mass is 32.2. The third-order valence-corrected chi connectivity index (χ3v) is 4.42. The predicted octanol–water partition coefficient (Wildman–Crippen LogP) is 1.67. The van der Waals surface area contributed by atoms with Gasteiger partial charge in [0.2, 0.25) is 0 Å². The van der Waals surface area contributed by atoms with E-state index in [4.69, 9.17) is 15.2 Å². The second kappa shape index (κ2) is 7.61. The fourth-order valence-electron chi connectivity index (χ4n) is 1.81. The maximum Gasteiger partial charge on any atom is 0.156 e. The summed E-state index contributed by atoms with van der Waals surface area (Å²) in [5.41, 5.74) is 7.38. The van der Waals surface area contributed by atoms with Crippen molar-refractivity contribution in [2.24, 2.45) is 5.73 Å². The lowest BCUT2D eigenvalue weighted by molar-refractivity contribution is 0.217. The SMILES string of the molecule is CCOc1ccc(C(C)N)cc1CS(=O)(=O)CCOC. The molecule has 114 valence electrons. The molecule has 0 heterocycles. The molecule has 20 heavy (non-hydrogen) atoms. The summed E-state index contributed by atoms with van der Waals surface area (Å²) in [5.74, 6) is 0.530. The minimum absolute atomic E-state index is 0.00251. The number of benzene rings is 1. The van der Waals surface area contributed by atoms with E-state index in [0.717, 1.165) is 5.56 Å². The molecule has 0 fully saturated rings. The van der Waals surface area contributed by atoms with Crippen molar-refractivity contribution in [1.82, 2.24) is 0 Å². The molecule has 1 atom stereocenters. The molecule has 1 aromatic carbocycles. The molecule has 0 aromatic heterocycles. The molecule has 0 saturated carbocycles. The van der Waals surface area contributed by atoms with Crippen LogP contribution in [0.4, 0.5) is 0 Å². The summed E-state index contributed by atoms with van der Waals surface area (Å²) in [5, 5.41) is 0. The molecule has 0 aliphatic carbocycles. The number of hydrogen-bond donors (Lipinski definition) is 1. The Bertz CT molecular complexity index is 526. The normalized spacial score (nSPS) is 13.2. The van der Waals surface area contributed by atoms with E-state index < -0.39 is 9.84 Å². The van der Waals surface area contributed by atoms with E-state index in [1.807, 2.05) is 19.9 Å². The average molecular weight is 301 g/mol. The lowest BCUT2D eigenvalue weighted by Crippen LogP contribution is -2.15. The van der Waals surface area contributed by atoms with Crippen molar-refractivity contribution in [3.63, 3.8) is 0 Å². The molecule has 0 saturated heterocycles. The monoisotopic (exact) mass is 301 g/mol. The van der Waals surface area contributed by atoms with Crippen LogP contribution >= 0.6 is 0 Å². The highest BCUT2D eigenvalue weighted by Crippen LogP contribution is 2.25. The third-order valence-electron chi connectivity index (χ3n) is 2.88. The molecule has 5 nitrogen and oxygen atoms in total. The number of hydrogen-bond acceptors (Lipinski definition) is 5. The van der Waals surface area contributed by atoms with Crippen LogP contribution in [-0.2, 0) is 20.3 Å². The summed E-state index contributed by atoms with van der Waals surface area (Å²) in [6.07, 6.45) is 0. The van der Waals surface area contributed by atoms with E-state index in [1.54, 1.807) is 12.1 Å². The van der Waals surface area contributed by atoms with Gasteiger partial charge in [-0.05, 0) is 31.5 Å². The van der Waals surface area contributed by atoms with Crippen LogP contribution in [0.25, 0.3) is 0 Å². The van der Waals surface area contributed by atoms with Gasteiger partial charge in [-0.1, -0.05) is 6.07 Å². The molecule has 0 radical (unpaired) electrons. The lowest BCUT2D eigenvalue weighted by Gasteiger charge is -2.14. The number of nitrogens with two attached hydrogens (primary N) is 1. The second-order valence-corrected chi connectivity index (χ2v) is 6.86. The summed E-state index contributed by atoms with van der Waals surface area (Å²) in [6.45, 7) is 4.41. The smallest absolute Gasteiger partial charge is 0.156 e. The molecule has 0 aliphatic heterocycles. The average Bonchev–Trinajstić information content (AvgIpc) is 2.38. The quantitative estimate of drug-likeness (QED) is 0.790. The van der Waals surface area contributed by atoms with Gasteiger partial charge in [-0.15, -0.1) is 0 Å². The fourth-order valence-corrected chi connectivity index (χ4v) is 3.08. The molecule has 1 rings (SSSR count).